The van der Waals surface area contributed by atoms with Gasteiger partial charge in [-0.1, -0.05) is 36.4 Å². The number of aryl methyl sites for hydroxylation is 1. The van der Waals surface area contributed by atoms with Crippen molar-refractivity contribution in [2.24, 2.45) is 5.92 Å². The molecule has 0 atom stereocenters. The molecule has 2 heterocycles. The second-order valence-corrected chi connectivity index (χ2v) is 8.08. The molecule has 30 heavy (non-hydrogen) atoms. The van der Waals surface area contributed by atoms with Crippen LogP contribution in [0.1, 0.15) is 36.8 Å². The monoisotopic (exact) mass is 427 g/mol. The fourth-order valence-corrected chi connectivity index (χ4v) is 4.53. The van der Waals surface area contributed by atoms with Gasteiger partial charge in [0.1, 0.15) is 0 Å². The molecule has 0 aromatic heterocycles. The maximum absolute atomic E-state index is 13.2. The number of nitrogens with two attached hydrogens (primary N) is 1. The largest absolute Gasteiger partial charge is 0.398 e. The molecule has 1 fully saturated rings. The highest BCUT2D eigenvalue weighted by Gasteiger charge is 2.32. The lowest BCUT2D eigenvalue weighted by Gasteiger charge is -2.36. The first-order valence-corrected chi connectivity index (χ1v) is 10.6. The van der Waals surface area contributed by atoms with E-state index in [1.807, 2.05) is 46.2 Å². The Hall–Kier alpha value is -2.53. The van der Waals surface area contributed by atoms with E-state index in [2.05, 4.69) is 12.1 Å². The average Bonchev–Trinajstić information content (AvgIpc) is 2.78. The number of nitrogens with zero attached hydrogens (tertiary/aromatic N) is 2. The number of rotatable bonds is 4. The smallest absolute Gasteiger partial charge is 0.230 e. The first-order chi connectivity index (χ1) is 14.1. The van der Waals surface area contributed by atoms with E-state index >= 15 is 0 Å². The van der Waals surface area contributed by atoms with Crippen molar-refractivity contribution in [3.8, 4) is 0 Å². The molecule has 2 aliphatic rings. The van der Waals surface area contributed by atoms with E-state index < -0.39 is 0 Å². The summed E-state index contributed by atoms with van der Waals surface area (Å²) in [6.07, 6.45) is 4.66. The summed E-state index contributed by atoms with van der Waals surface area (Å²) in [6, 6.07) is 15.9. The third-order valence-corrected chi connectivity index (χ3v) is 6.22. The van der Waals surface area contributed by atoms with Crippen LogP contribution in [0.15, 0.2) is 48.5 Å². The number of anilines is 2. The maximum atomic E-state index is 13.2. The highest BCUT2D eigenvalue weighted by molar-refractivity contribution is 5.97. The lowest BCUT2D eigenvalue weighted by atomic mass is 9.92. The summed E-state index contributed by atoms with van der Waals surface area (Å²) >= 11 is 0. The molecule has 0 bridgehead atoms. The molecule has 2 aliphatic heterocycles. The summed E-state index contributed by atoms with van der Waals surface area (Å²) in [6.45, 7) is 2.09. The minimum Gasteiger partial charge on any atom is -0.398 e. The predicted molar refractivity (Wildman–Crippen MR) is 123 cm³/mol. The molecule has 1 saturated heterocycles. The Kier molecular flexibility index (Phi) is 7.38. The van der Waals surface area contributed by atoms with Crippen LogP contribution in [-0.4, -0.2) is 36.3 Å². The lowest BCUT2D eigenvalue weighted by Crippen LogP contribution is -2.46. The van der Waals surface area contributed by atoms with E-state index in [1.165, 1.54) is 5.56 Å². The maximum Gasteiger partial charge on any atom is 0.230 e. The predicted octanol–water partition coefficient (Wildman–Crippen LogP) is 3.84. The quantitative estimate of drug-likeness (QED) is 0.754. The topological polar surface area (TPSA) is 66.6 Å². The molecule has 6 heteroatoms. The van der Waals surface area contributed by atoms with Crippen LogP contribution in [0.4, 0.5) is 11.4 Å². The van der Waals surface area contributed by atoms with Gasteiger partial charge in [0.2, 0.25) is 11.8 Å². The van der Waals surface area contributed by atoms with Gasteiger partial charge in [-0.3, -0.25) is 9.59 Å². The number of hydrogen-bond acceptors (Lipinski definition) is 3. The Bertz CT molecular complexity index is 879. The molecule has 4 rings (SSSR count). The third kappa shape index (κ3) is 4.78. The van der Waals surface area contributed by atoms with Gasteiger partial charge in [0.25, 0.3) is 0 Å². The van der Waals surface area contributed by atoms with Crippen LogP contribution in [0, 0.1) is 5.92 Å². The molecule has 0 spiro atoms. The van der Waals surface area contributed by atoms with Crippen LogP contribution in [-0.2, 0) is 22.4 Å². The van der Waals surface area contributed by atoms with Crippen molar-refractivity contribution in [3.05, 3.63) is 59.7 Å². The minimum absolute atomic E-state index is 0. The Morgan fingerprint density at radius 2 is 1.70 bits per heavy atom. The standard InChI is InChI=1S/C24H29N3O2.ClH/c25-21-9-4-10-22-20(21)8-5-15-27(22)24(29)19-13-16-26(17-14-19)23(28)12-11-18-6-2-1-3-7-18;/h1-4,6-7,9-10,19H,5,8,11-17,25H2;1H. The Balaban J connectivity index is 0.00000256. The molecule has 2 aromatic rings. The van der Waals surface area contributed by atoms with Gasteiger partial charge < -0.3 is 15.5 Å². The summed E-state index contributed by atoms with van der Waals surface area (Å²) in [5.41, 5.74) is 10.2. The molecule has 5 nitrogen and oxygen atoms in total. The molecule has 2 amide bonds. The second-order valence-electron chi connectivity index (χ2n) is 8.08. The highest BCUT2D eigenvalue weighted by Crippen LogP contribution is 2.33. The number of halogens is 1. The molecular weight excluding hydrogens is 398 g/mol. The van der Waals surface area contributed by atoms with Crippen LogP contribution in [0.2, 0.25) is 0 Å². The van der Waals surface area contributed by atoms with Crippen molar-refractivity contribution in [1.82, 2.24) is 4.90 Å². The molecule has 160 valence electrons. The zero-order valence-electron chi connectivity index (χ0n) is 17.3. The number of carbonyl (C=O) groups excluding carboxylic acids is 2. The Labute approximate surface area is 184 Å². The van der Waals surface area contributed by atoms with Crippen LogP contribution in [0.25, 0.3) is 0 Å². The molecule has 2 N–H and O–H groups in total. The van der Waals surface area contributed by atoms with Gasteiger partial charge in [0, 0.05) is 43.3 Å². The number of hydrogen-bond donors (Lipinski definition) is 1. The molecule has 0 aliphatic carbocycles. The number of likely N-dealkylation sites (tertiary alicyclic amines) is 1. The zero-order chi connectivity index (χ0) is 20.2. The molecule has 0 radical (unpaired) electrons. The fourth-order valence-electron chi connectivity index (χ4n) is 4.53. The minimum atomic E-state index is -0.0134. The highest BCUT2D eigenvalue weighted by atomic mass is 35.5. The molecular formula is C24H30ClN3O2. The number of nitrogen functional groups attached to an aromatic ring is 1. The van der Waals surface area contributed by atoms with Crippen molar-refractivity contribution in [2.75, 3.05) is 30.3 Å². The summed E-state index contributed by atoms with van der Waals surface area (Å²) in [4.78, 5) is 29.6. The average molecular weight is 428 g/mol. The van der Waals surface area contributed by atoms with Crippen LogP contribution in [0.3, 0.4) is 0 Å². The van der Waals surface area contributed by atoms with E-state index in [0.29, 0.717) is 19.5 Å². The van der Waals surface area contributed by atoms with Gasteiger partial charge in [-0.15, -0.1) is 12.4 Å². The van der Waals surface area contributed by atoms with Gasteiger partial charge in [-0.2, -0.15) is 0 Å². The van der Waals surface area contributed by atoms with E-state index in [9.17, 15) is 9.59 Å². The van der Waals surface area contributed by atoms with Crippen molar-refractivity contribution in [3.63, 3.8) is 0 Å². The van der Waals surface area contributed by atoms with E-state index in [-0.39, 0.29) is 30.1 Å². The van der Waals surface area contributed by atoms with E-state index in [4.69, 9.17) is 5.73 Å². The number of fused-ring (bicyclic) bond motifs is 1. The normalized spacial score (nSPS) is 16.5. The molecule has 0 saturated carbocycles. The van der Waals surface area contributed by atoms with Crippen molar-refractivity contribution in [1.29, 1.82) is 0 Å². The van der Waals surface area contributed by atoms with E-state index in [1.54, 1.807) is 0 Å². The zero-order valence-corrected chi connectivity index (χ0v) is 18.1. The van der Waals surface area contributed by atoms with Crippen LogP contribution < -0.4 is 10.6 Å². The Morgan fingerprint density at radius 1 is 0.967 bits per heavy atom. The van der Waals surface area contributed by atoms with Crippen molar-refractivity contribution in [2.45, 2.75) is 38.5 Å². The van der Waals surface area contributed by atoms with Crippen molar-refractivity contribution >= 4 is 35.6 Å². The second kappa shape index (κ2) is 9.98. The van der Waals surface area contributed by atoms with Crippen LogP contribution in [0.5, 0.6) is 0 Å². The lowest BCUT2D eigenvalue weighted by molar-refractivity contribution is -0.134. The number of carbonyl (C=O) groups is 2. The van der Waals surface area contributed by atoms with Crippen LogP contribution >= 0.6 is 12.4 Å². The number of amides is 2. The Morgan fingerprint density at radius 3 is 2.43 bits per heavy atom. The summed E-state index contributed by atoms with van der Waals surface area (Å²) < 4.78 is 0. The van der Waals surface area contributed by atoms with Crippen molar-refractivity contribution < 1.29 is 9.59 Å². The van der Waals surface area contributed by atoms with E-state index in [0.717, 1.165) is 55.6 Å². The van der Waals surface area contributed by atoms with Gasteiger partial charge in [0.05, 0.1) is 0 Å². The first-order valence-electron chi connectivity index (χ1n) is 10.6. The molecule has 0 unspecified atom stereocenters. The fraction of sp³-hybridized carbons (Fsp3) is 0.417. The third-order valence-electron chi connectivity index (χ3n) is 6.22. The van der Waals surface area contributed by atoms with Gasteiger partial charge in [0.15, 0.2) is 0 Å². The first kappa shape index (κ1) is 22.2. The summed E-state index contributed by atoms with van der Waals surface area (Å²) in [5.74, 6) is 0.365. The number of piperidine rings is 1. The SMILES string of the molecule is Cl.Nc1cccc2c1CCCN2C(=O)C1CCN(C(=O)CCc2ccccc2)CC1. The number of benzene rings is 2. The molecule has 2 aromatic carbocycles. The van der Waals surface area contributed by atoms with Gasteiger partial charge >= 0.3 is 0 Å². The van der Waals surface area contributed by atoms with Gasteiger partial charge in [-0.05, 0) is 55.4 Å². The van der Waals surface area contributed by atoms with Gasteiger partial charge in [-0.25, -0.2) is 0 Å². The summed E-state index contributed by atoms with van der Waals surface area (Å²) in [7, 11) is 0. The summed E-state index contributed by atoms with van der Waals surface area (Å²) in [5, 5.41) is 0.